The zero-order valence-corrected chi connectivity index (χ0v) is 17.2. The van der Waals surface area contributed by atoms with Crippen molar-refractivity contribution in [3.8, 4) is 0 Å². The zero-order chi connectivity index (χ0) is 20.0. The maximum atomic E-state index is 13.1. The predicted molar refractivity (Wildman–Crippen MR) is 111 cm³/mol. The van der Waals surface area contributed by atoms with E-state index in [2.05, 4.69) is 0 Å². The topological polar surface area (TPSA) is 57.7 Å². The summed E-state index contributed by atoms with van der Waals surface area (Å²) in [5, 5.41) is 0. The molecule has 0 radical (unpaired) electrons. The number of carbonyl (C=O) groups is 1. The molecule has 1 heterocycles. The smallest absolute Gasteiger partial charge is 0.254 e. The highest BCUT2D eigenvalue weighted by atomic mass is 32.2. The number of piperidine rings is 1. The molecule has 1 amide bonds. The van der Waals surface area contributed by atoms with Crippen molar-refractivity contribution < 1.29 is 13.2 Å². The summed E-state index contributed by atoms with van der Waals surface area (Å²) >= 11 is 0. The molecule has 1 saturated heterocycles. The number of sulfonamides is 1. The van der Waals surface area contributed by atoms with E-state index in [1.165, 1.54) is 10.4 Å². The standard InChI is InChI=1S/C22H28N2O3S/c1-2-14-23(18-19-10-5-3-6-11-19)22(25)20-12-9-13-21(17-20)28(26,27)24-15-7-4-8-16-24/h3,5-6,9-13,17H,2,4,7-8,14-16,18H2,1H3. The number of hydrogen-bond donors (Lipinski definition) is 0. The maximum Gasteiger partial charge on any atom is 0.254 e. The molecule has 3 rings (SSSR count). The summed E-state index contributed by atoms with van der Waals surface area (Å²) in [6.07, 6.45) is 3.68. The molecule has 150 valence electrons. The lowest BCUT2D eigenvalue weighted by molar-refractivity contribution is 0.0743. The van der Waals surface area contributed by atoms with E-state index in [0.29, 0.717) is 31.7 Å². The monoisotopic (exact) mass is 400 g/mol. The number of amides is 1. The number of benzene rings is 2. The summed E-state index contributed by atoms with van der Waals surface area (Å²) in [5.74, 6) is -0.138. The van der Waals surface area contributed by atoms with Crippen molar-refractivity contribution in [2.24, 2.45) is 0 Å². The lowest BCUT2D eigenvalue weighted by Crippen LogP contribution is -2.36. The first kappa shape index (κ1) is 20.6. The van der Waals surface area contributed by atoms with E-state index in [0.717, 1.165) is 31.2 Å². The van der Waals surface area contributed by atoms with Gasteiger partial charge in [-0.3, -0.25) is 4.79 Å². The second-order valence-corrected chi connectivity index (χ2v) is 9.14. The molecule has 1 fully saturated rings. The fourth-order valence-corrected chi connectivity index (χ4v) is 5.12. The van der Waals surface area contributed by atoms with Gasteiger partial charge in [-0.1, -0.05) is 49.7 Å². The van der Waals surface area contributed by atoms with Crippen LogP contribution in [0, 0.1) is 0 Å². The lowest BCUT2D eigenvalue weighted by atomic mass is 10.1. The summed E-state index contributed by atoms with van der Waals surface area (Å²) < 4.78 is 27.4. The second kappa shape index (κ2) is 9.34. The van der Waals surface area contributed by atoms with Crippen LogP contribution in [0.25, 0.3) is 0 Å². The first-order valence-corrected chi connectivity index (χ1v) is 11.4. The molecule has 2 aromatic carbocycles. The molecule has 28 heavy (non-hydrogen) atoms. The third-order valence-corrected chi connectivity index (χ3v) is 6.93. The van der Waals surface area contributed by atoms with Gasteiger partial charge in [-0.15, -0.1) is 0 Å². The van der Waals surface area contributed by atoms with Crippen molar-refractivity contribution in [1.29, 1.82) is 0 Å². The average Bonchev–Trinajstić information content (AvgIpc) is 2.74. The molecular formula is C22H28N2O3S. The van der Waals surface area contributed by atoms with Gasteiger partial charge in [-0.2, -0.15) is 4.31 Å². The van der Waals surface area contributed by atoms with Crippen LogP contribution in [0.4, 0.5) is 0 Å². The third-order valence-electron chi connectivity index (χ3n) is 5.03. The zero-order valence-electron chi connectivity index (χ0n) is 16.4. The highest BCUT2D eigenvalue weighted by Crippen LogP contribution is 2.22. The molecule has 0 saturated carbocycles. The van der Waals surface area contributed by atoms with Gasteiger partial charge >= 0.3 is 0 Å². The molecule has 6 heteroatoms. The third kappa shape index (κ3) is 4.80. The van der Waals surface area contributed by atoms with E-state index in [1.54, 1.807) is 23.1 Å². The fourth-order valence-electron chi connectivity index (χ4n) is 3.55. The van der Waals surface area contributed by atoms with Crippen molar-refractivity contribution >= 4 is 15.9 Å². The van der Waals surface area contributed by atoms with Crippen LogP contribution in [-0.2, 0) is 16.6 Å². The Balaban J connectivity index is 1.83. The van der Waals surface area contributed by atoms with Crippen molar-refractivity contribution in [1.82, 2.24) is 9.21 Å². The van der Waals surface area contributed by atoms with Crippen molar-refractivity contribution in [2.45, 2.75) is 44.0 Å². The molecule has 0 aromatic heterocycles. The normalized spacial score (nSPS) is 15.3. The minimum Gasteiger partial charge on any atom is -0.334 e. The summed E-state index contributed by atoms with van der Waals surface area (Å²) in [6.45, 7) is 4.27. The Bertz CT molecular complexity index is 891. The number of hydrogen-bond acceptors (Lipinski definition) is 3. The van der Waals surface area contributed by atoms with E-state index in [9.17, 15) is 13.2 Å². The van der Waals surface area contributed by atoms with Crippen LogP contribution in [0.3, 0.4) is 0 Å². The maximum absolute atomic E-state index is 13.1. The lowest BCUT2D eigenvalue weighted by Gasteiger charge is -2.26. The van der Waals surface area contributed by atoms with Crippen LogP contribution in [0.1, 0.15) is 48.5 Å². The Hall–Kier alpha value is -2.18. The number of rotatable bonds is 7. The molecular weight excluding hydrogens is 372 g/mol. The van der Waals surface area contributed by atoms with Gasteiger partial charge in [0.15, 0.2) is 0 Å². The first-order valence-electron chi connectivity index (χ1n) is 9.96. The summed E-state index contributed by atoms with van der Waals surface area (Å²) in [7, 11) is -3.55. The highest BCUT2D eigenvalue weighted by molar-refractivity contribution is 7.89. The van der Waals surface area contributed by atoms with Crippen LogP contribution in [0.5, 0.6) is 0 Å². The summed E-state index contributed by atoms with van der Waals surface area (Å²) in [5.41, 5.74) is 1.48. The Morgan fingerprint density at radius 1 is 1.00 bits per heavy atom. The molecule has 0 bridgehead atoms. The molecule has 5 nitrogen and oxygen atoms in total. The number of carbonyl (C=O) groups excluding carboxylic acids is 1. The highest BCUT2D eigenvalue weighted by Gasteiger charge is 2.27. The SMILES string of the molecule is CCCN(Cc1ccccc1)C(=O)c1cccc(S(=O)(=O)N2CCCCC2)c1. The second-order valence-electron chi connectivity index (χ2n) is 7.20. The number of nitrogens with zero attached hydrogens (tertiary/aromatic N) is 2. The van der Waals surface area contributed by atoms with Crippen molar-refractivity contribution in [2.75, 3.05) is 19.6 Å². The Morgan fingerprint density at radius 2 is 1.71 bits per heavy atom. The van der Waals surface area contributed by atoms with Gasteiger partial charge in [-0.25, -0.2) is 8.42 Å². The van der Waals surface area contributed by atoms with Crippen molar-refractivity contribution in [3.63, 3.8) is 0 Å². The van der Waals surface area contributed by atoms with Gasteiger partial charge in [0.2, 0.25) is 10.0 Å². The Labute approximate surface area is 168 Å². The van der Waals surface area contributed by atoms with Gasteiger partial charge in [0.05, 0.1) is 4.90 Å². The van der Waals surface area contributed by atoms with E-state index in [1.807, 2.05) is 37.3 Å². The Morgan fingerprint density at radius 3 is 2.39 bits per heavy atom. The van der Waals surface area contributed by atoms with Crippen LogP contribution in [-0.4, -0.2) is 43.2 Å². The first-order chi connectivity index (χ1) is 13.5. The van der Waals surface area contributed by atoms with E-state index < -0.39 is 10.0 Å². The van der Waals surface area contributed by atoms with Crippen molar-refractivity contribution in [3.05, 3.63) is 65.7 Å². The van der Waals surface area contributed by atoms with Gasteiger partial charge in [0, 0.05) is 31.7 Å². The van der Waals surface area contributed by atoms with Crippen LogP contribution in [0.15, 0.2) is 59.5 Å². The largest absolute Gasteiger partial charge is 0.334 e. The van der Waals surface area contributed by atoms with Gasteiger partial charge in [-0.05, 0) is 43.0 Å². The molecule has 1 aliphatic heterocycles. The minimum atomic E-state index is -3.55. The molecule has 0 spiro atoms. The van der Waals surface area contributed by atoms with Gasteiger partial charge in [0.1, 0.15) is 0 Å². The van der Waals surface area contributed by atoms with E-state index >= 15 is 0 Å². The molecule has 0 aliphatic carbocycles. The molecule has 1 aliphatic rings. The Kier molecular flexibility index (Phi) is 6.86. The van der Waals surface area contributed by atoms with Crippen LogP contribution >= 0.6 is 0 Å². The molecule has 0 unspecified atom stereocenters. The fraction of sp³-hybridized carbons (Fsp3) is 0.409. The summed E-state index contributed by atoms with van der Waals surface area (Å²) in [4.78, 5) is 15.1. The van der Waals surface area contributed by atoms with Crippen LogP contribution < -0.4 is 0 Å². The summed E-state index contributed by atoms with van der Waals surface area (Å²) in [6, 6.07) is 16.3. The van der Waals surface area contributed by atoms with Gasteiger partial charge < -0.3 is 4.90 Å². The van der Waals surface area contributed by atoms with E-state index in [4.69, 9.17) is 0 Å². The molecule has 2 aromatic rings. The minimum absolute atomic E-state index is 0.138. The average molecular weight is 401 g/mol. The molecule has 0 atom stereocenters. The quantitative estimate of drug-likeness (QED) is 0.708. The van der Waals surface area contributed by atoms with E-state index in [-0.39, 0.29) is 10.8 Å². The molecule has 0 N–H and O–H groups in total. The van der Waals surface area contributed by atoms with Crippen LogP contribution in [0.2, 0.25) is 0 Å². The van der Waals surface area contributed by atoms with Gasteiger partial charge in [0.25, 0.3) is 5.91 Å². The predicted octanol–water partition coefficient (Wildman–Crippen LogP) is 3.91.